The molecule has 0 bridgehead atoms. The van der Waals surface area contributed by atoms with Gasteiger partial charge in [0.1, 0.15) is 0 Å². The lowest BCUT2D eigenvalue weighted by molar-refractivity contribution is -0.119. The first-order chi connectivity index (χ1) is 28.5. The Bertz CT molecular complexity index is 681. The standard InChI is InChI=1S/2C22H45NO.C6H18N4/c2*1-2-3-4-5-6-7-8-9-10-11-12-13-14-15-16-17-18-19-20-21-22(23)24;7-1-3-9-5-6-10-4-2-8/h2*2-21H2,1H3,(H2,23,24);9-10H,1-8H2. The molecule has 0 heterocycles. The third-order valence-corrected chi connectivity index (χ3v) is 11.2. The molecule has 0 unspecified atom stereocenters. The predicted octanol–water partition coefficient (Wildman–Crippen LogP) is 12.7. The van der Waals surface area contributed by atoms with Gasteiger partial charge in [-0.3, -0.25) is 9.59 Å². The molecule has 2 amide bonds. The Hall–Kier alpha value is -1.22. The van der Waals surface area contributed by atoms with E-state index in [9.17, 15) is 9.59 Å². The molecule has 0 spiro atoms. The maximum Gasteiger partial charge on any atom is 0.217 e. The number of carbonyl (C=O) groups excluding carboxylic acids is 2. The largest absolute Gasteiger partial charge is 0.370 e. The van der Waals surface area contributed by atoms with Gasteiger partial charge in [-0.25, -0.2) is 0 Å². The van der Waals surface area contributed by atoms with Crippen LogP contribution in [0.3, 0.4) is 0 Å². The molecular weight excluding hydrogens is 717 g/mol. The molecule has 0 aliphatic rings. The van der Waals surface area contributed by atoms with Crippen molar-refractivity contribution in [1.29, 1.82) is 0 Å². The first-order valence-electron chi connectivity index (χ1n) is 25.8. The van der Waals surface area contributed by atoms with Gasteiger partial charge in [-0.2, -0.15) is 0 Å². The fourth-order valence-corrected chi connectivity index (χ4v) is 7.39. The van der Waals surface area contributed by atoms with Crippen molar-refractivity contribution in [3.63, 3.8) is 0 Å². The highest BCUT2D eigenvalue weighted by molar-refractivity contribution is 5.73. The minimum atomic E-state index is -0.151. The number of hydrogen-bond acceptors (Lipinski definition) is 6. The monoisotopic (exact) mass is 825 g/mol. The topological polar surface area (TPSA) is 162 Å². The second-order valence-corrected chi connectivity index (χ2v) is 17.2. The predicted molar refractivity (Wildman–Crippen MR) is 258 cm³/mol. The number of rotatable bonds is 47. The first-order valence-corrected chi connectivity index (χ1v) is 25.8. The summed E-state index contributed by atoms with van der Waals surface area (Å²) >= 11 is 0. The van der Waals surface area contributed by atoms with Crippen molar-refractivity contribution in [2.75, 3.05) is 39.3 Å². The number of unbranched alkanes of at least 4 members (excludes halogenated alkanes) is 36. The van der Waals surface area contributed by atoms with Gasteiger partial charge in [0.25, 0.3) is 0 Å². The molecule has 0 rings (SSSR count). The Morgan fingerprint density at radius 2 is 0.466 bits per heavy atom. The van der Waals surface area contributed by atoms with E-state index < -0.39 is 0 Å². The van der Waals surface area contributed by atoms with Gasteiger partial charge in [-0.05, 0) is 12.8 Å². The van der Waals surface area contributed by atoms with Gasteiger partial charge in [0, 0.05) is 52.1 Å². The summed E-state index contributed by atoms with van der Waals surface area (Å²) in [4.78, 5) is 21.2. The summed E-state index contributed by atoms with van der Waals surface area (Å²) in [6, 6.07) is 0. The van der Waals surface area contributed by atoms with E-state index in [-0.39, 0.29) is 11.8 Å². The molecule has 0 radical (unpaired) electrons. The lowest BCUT2D eigenvalue weighted by Crippen LogP contribution is -2.32. The highest BCUT2D eigenvalue weighted by Crippen LogP contribution is 2.16. The molecule has 350 valence electrons. The van der Waals surface area contributed by atoms with E-state index in [1.165, 1.54) is 231 Å². The Morgan fingerprint density at radius 3 is 0.621 bits per heavy atom. The van der Waals surface area contributed by atoms with Gasteiger partial charge in [0.2, 0.25) is 11.8 Å². The Labute approximate surface area is 363 Å². The zero-order valence-electron chi connectivity index (χ0n) is 39.7. The smallest absolute Gasteiger partial charge is 0.217 e. The lowest BCUT2D eigenvalue weighted by Gasteiger charge is -2.03. The molecule has 0 aliphatic heterocycles. The van der Waals surface area contributed by atoms with E-state index in [0.29, 0.717) is 25.9 Å². The van der Waals surface area contributed by atoms with Crippen LogP contribution in [0.2, 0.25) is 0 Å². The lowest BCUT2D eigenvalue weighted by atomic mass is 10.0. The van der Waals surface area contributed by atoms with Gasteiger partial charge in [-0.15, -0.1) is 0 Å². The van der Waals surface area contributed by atoms with Crippen LogP contribution in [0.15, 0.2) is 0 Å². The summed E-state index contributed by atoms with van der Waals surface area (Å²) in [5, 5.41) is 6.33. The van der Waals surface area contributed by atoms with Crippen LogP contribution < -0.4 is 33.6 Å². The van der Waals surface area contributed by atoms with Gasteiger partial charge in [0.15, 0.2) is 0 Å². The highest BCUT2D eigenvalue weighted by Gasteiger charge is 1.98. The number of hydrogen-bond donors (Lipinski definition) is 6. The molecule has 0 saturated heterocycles. The molecule has 10 N–H and O–H groups in total. The molecule has 0 aliphatic carbocycles. The van der Waals surface area contributed by atoms with Crippen LogP contribution in [0, 0.1) is 0 Å². The van der Waals surface area contributed by atoms with Crippen molar-refractivity contribution in [3.8, 4) is 0 Å². The first kappa shape index (κ1) is 61.1. The second-order valence-electron chi connectivity index (χ2n) is 17.2. The van der Waals surface area contributed by atoms with Crippen molar-refractivity contribution in [2.24, 2.45) is 22.9 Å². The fraction of sp³-hybridized carbons (Fsp3) is 0.960. The zero-order valence-corrected chi connectivity index (χ0v) is 39.7. The summed E-state index contributed by atoms with van der Waals surface area (Å²) in [6.45, 7) is 9.71. The SMILES string of the molecule is CCCCCCCCCCCCCCCCCCCCCC(N)=O.CCCCCCCCCCCCCCCCCCCCCC(N)=O.NCCNCCNCCN. The van der Waals surface area contributed by atoms with Crippen molar-refractivity contribution in [2.45, 2.75) is 271 Å². The van der Waals surface area contributed by atoms with Crippen molar-refractivity contribution in [3.05, 3.63) is 0 Å². The molecule has 0 saturated carbocycles. The fourth-order valence-electron chi connectivity index (χ4n) is 7.39. The quantitative estimate of drug-likeness (QED) is 0.0335. The number of carbonyl (C=O) groups is 2. The van der Waals surface area contributed by atoms with Crippen molar-refractivity contribution in [1.82, 2.24) is 10.6 Å². The van der Waals surface area contributed by atoms with Gasteiger partial charge in [-0.1, -0.05) is 245 Å². The minimum absolute atomic E-state index is 0.151. The second kappa shape index (κ2) is 60.1. The molecule has 0 fully saturated rings. The van der Waals surface area contributed by atoms with Crippen LogP contribution in [0.4, 0.5) is 0 Å². The summed E-state index contributed by atoms with van der Waals surface area (Å²) in [7, 11) is 0. The number of primary amides is 2. The summed E-state index contributed by atoms with van der Waals surface area (Å²) in [6.07, 6.45) is 53.6. The van der Waals surface area contributed by atoms with E-state index in [1.807, 2.05) is 0 Å². The van der Waals surface area contributed by atoms with Crippen LogP contribution in [-0.2, 0) is 9.59 Å². The van der Waals surface area contributed by atoms with E-state index in [4.69, 9.17) is 22.9 Å². The average molecular weight is 825 g/mol. The number of amides is 2. The van der Waals surface area contributed by atoms with Gasteiger partial charge < -0.3 is 33.6 Å². The third-order valence-electron chi connectivity index (χ3n) is 11.2. The normalized spacial score (nSPS) is 10.9. The van der Waals surface area contributed by atoms with Crippen LogP contribution >= 0.6 is 0 Å². The molecule has 58 heavy (non-hydrogen) atoms. The van der Waals surface area contributed by atoms with Gasteiger partial charge >= 0.3 is 0 Å². The number of nitrogens with two attached hydrogens (primary N) is 4. The van der Waals surface area contributed by atoms with Crippen molar-refractivity contribution < 1.29 is 9.59 Å². The summed E-state index contributed by atoms with van der Waals surface area (Å²) in [5.74, 6) is -0.302. The third kappa shape index (κ3) is 69.4. The molecule has 8 nitrogen and oxygen atoms in total. The Balaban J connectivity index is -0.000000847. The van der Waals surface area contributed by atoms with Crippen LogP contribution in [0.1, 0.15) is 271 Å². The van der Waals surface area contributed by atoms with E-state index in [2.05, 4.69) is 24.5 Å². The van der Waals surface area contributed by atoms with Crippen LogP contribution in [0.25, 0.3) is 0 Å². The van der Waals surface area contributed by atoms with E-state index >= 15 is 0 Å². The Morgan fingerprint density at radius 1 is 0.293 bits per heavy atom. The van der Waals surface area contributed by atoms with Crippen LogP contribution in [0.5, 0.6) is 0 Å². The molecule has 0 atom stereocenters. The summed E-state index contributed by atoms with van der Waals surface area (Å²) in [5.41, 5.74) is 20.8. The van der Waals surface area contributed by atoms with Gasteiger partial charge in [0.05, 0.1) is 0 Å². The minimum Gasteiger partial charge on any atom is -0.370 e. The molecule has 0 aromatic carbocycles. The maximum absolute atomic E-state index is 10.6. The average Bonchev–Trinajstić information content (AvgIpc) is 3.21. The van der Waals surface area contributed by atoms with Crippen LogP contribution in [-0.4, -0.2) is 51.1 Å². The molecule has 0 aromatic heterocycles. The zero-order chi connectivity index (χ0) is 43.1. The molecular formula is C50H108N6O2. The highest BCUT2D eigenvalue weighted by atomic mass is 16.1. The molecule has 0 aromatic rings. The van der Waals surface area contributed by atoms with Crippen molar-refractivity contribution >= 4 is 11.8 Å². The van der Waals surface area contributed by atoms with E-state index in [1.54, 1.807) is 0 Å². The number of nitrogens with one attached hydrogen (secondary N) is 2. The Kier molecular flexibility index (Phi) is 63.3. The maximum atomic E-state index is 10.6. The molecule has 8 heteroatoms. The summed E-state index contributed by atoms with van der Waals surface area (Å²) < 4.78 is 0. The van der Waals surface area contributed by atoms with E-state index in [0.717, 1.165) is 39.0 Å².